The summed E-state index contributed by atoms with van der Waals surface area (Å²) in [6, 6.07) is 12.1. The fourth-order valence-electron chi connectivity index (χ4n) is 2.74. The lowest BCUT2D eigenvalue weighted by Gasteiger charge is -2.09. The van der Waals surface area contributed by atoms with Crippen LogP contribution in [-0.4, -0.2) is 39.0 Å². The van der Waals surface area contributed by atoms with Crippen LogP contribution in [0.1, 0.15) is 18.1 Å². The van der Waals surface area contributed by atoms with E-state index < -0.39 is 10.0 Å². The molecule has 3 rings (SSSR count). The Labute approximate surface area is 169 Å². The van der Waals surface area contributed by atoms with Gasteiger partial charge in [-0.2, -0.15) is 18.6 Å². The summed E-state index contributed by atoms with van der Waals surface area (Å²) in [5.74, 6) is 1.17. The standard InChI is InChI=1S/C20H22N4O4S/c1-4-14-5-8-17(9-6-14)29(25,26)24-22-13-16-12-21-23-20(16)15-7-10-18(27-2)19(11-15)28-3/h5-13,24H,4H2,1-3H3,(H,21,23)/b22-13+. The molecule has 0 unspecified atom stereocenters. The number of hydrazone groups is 1. The van der Waals surface area contributed by atoms with Crippen LogP contribution in [0.3, 0.4) is 0 Å². The zero-order valence-electron chi connectivity index (χ0n) is 16.3. The molecule has 0 spiro atoms. The fraction of sp³-hybridized carbons (Fsp3) is 0.200. The van der Waals surface area contributed by atoms with Crippen molar-refractivity contribution in [2.24, 2.45) is 5.10 Å². The molecule has 0 aliphatic heterocycles. The predicted molar refractivity (Wildman–Crippen MR) is 111 cm³/mol. The van der Waals surface area contributed by atoms with Gasteiger partial charge < -0.3 is 9.47 Å². The minimum absolute atomic E-state index is 0.152. The lowest BCUT2D eigenvalue weighted by molar-refractivity contribution is 0.355. The van der Waals surface area contributed by atoms with Gasteiger partial charge in [0.05, 0.1) is 37.2 Å². The van der Waals surface area contributed by atoms with Crippen LogP contribution in [0, 0.1) is 0 Å². The Kier molecular flexibility index (Phi) is 6.18. The second kappa shape index (κ2) is 8.78. The van der Waals surface area contributed by atoms with Gasteiger partial charge in [-0.1, -0.05) is 19.1 Å². The van der Waals surface area contributed by atoms with Gasteiger partial charge in [0.1, 0.15) is 0 Å². The third kappa shape index (κ3) is 4.57. The third-order valence-corrected chi connectivity index (χ3v) is 5.60. The molecule has 1 heterocycles. The van der Waals surface area contributed by atoms with Gasteiger partial charge in [-0.3, -0.25) is 5.10 Å². The smallest absolute Gasteiger partial charge is 0.276 e. The average Bonchev–Trinajstić information content (AvgIpc) is 3.21. The molecule has 0 radical (unpaired) electrons. The van der Waals surface area contributed by atoms with Crippen molar-refractivity contribution < 1.29 is 17.9 Å². The van der Waals surface area contributed by atoms with E-state index in [0.717, 1.165) is 17.5 Å². The summed E-state index contributed by atoms with van der Waals surface area (Å²) in [6.07, 6.45) is 3.79. The number of aromatic nitrogens is 2. The summed E-state index contributed by atoms with van der Waals surface area (Å²) >= 11 is 0. The number of aryl methyl sites for hydroxylation is 1. The molecular weight excluding hydrogens is 392 g/mol. The number of sulfonamides is 1. The maximum absolute atomic E-state index is 12.4. The molecule has 0 atom stereocenters. The molecule has 0 amide bonds. The minimum atomic E-state index is -3.75. The SMILES string of the molecule is CCc1ccc(S(=O)(=O)N/N=C/c2cn[nH]c2-c2ccc(OC)c(OC)c2)cc1. The Morgan fingerprint density at radius 3 is 2.48 bits per heavy atom. The molecular formula is C20H22N4O4S. The van der Waals surface area contributed by atoms with Crippen molar-refractivity contribution in [3.63, 3.8) is 0 Å². The zero-order valence-corrected chi connectivity index (χ0v) is 17.2. The van der Waals surface area contributed by atoms with Gasteiger partial charge in [0.15, 0.2) is 11.5 Å². The molecule has 0 saturated heterocycles. The molecule has 1 aromatic heterocycles. The Morgan fingerprint density at radius 2 is 1.83 bits per heavy atom. The van der Waals surface area contributed by atoms with Crippen molar-refractivity contribution in [1.82, 2.24) is 15.0 Å². The number of rotatable bonds is 8. The third-order valence-electron chi connectivity index (χ3n) is 4.36. The van der Waals surface area contributed by atoms with Gasteiger partial charge in [-0.25, -0.2) is 4.83 Å². The second-order valence-corrected chi connectivity index (χ2v) is 7.78. The van der Waals surface area contributed by atoms with Crippen molar-refractivity contribution in [2.45, 2.75) is 18.2 Å². The van der Waals surface area contributed by atoms with Crippen LogP contribution in [0.15, 0.2) is 58.7 Å². The Balaban J connectivity index is 1.80. The summed E-state index contributed by atoms with van der Waals surface area (Å²) in [4.78, 5) is 2.38. The maximum atomic E-state index is 12.4. The van der Waals surface area contributed by atoms with E-state index in [4.69, 9.17) is 9.47 Å². The van der Waals surface area contributed by atoms with E-state index in [-0.39, 0.29) is 4.90 Å². The van der Waals surface area contributed by atoms with Gasteiger partial charge in [0, 0.05) is 11.1 Å². The van der Waals surface area contributed by atoms with Crippen molar-refractivity contribution in [2.75, 3.05) is 14.2 Å². The Hall–Kier alpha value is -3.33. The fourth-order valence-corrected chi connectivity index (χ4v) is 3.53. The zero-order chi connectivity index (χ0) is 20.9. The molecule has 152 valence electrons. The first-order valence-corrected chi connectivity index (χ1v) is 10.4. The van der Waals surface area contributed by atoms with E-state index in [1.165, 1.54) is 6.21 Å². The quantitative estimate of drug-likeness (QED) is 0.435. The number of nitrogens with zero attached hydrogens (tertiary/aromatic N) is 2. The van der Waals surface area contributed by atoms with E-state index in [1.807, 2.05) is 13.0 Å². The van der Waals surface area contributed by atoms with Crippen LogP contribution in [-0.2, 0) is 16.4 Å². The lowest BCUT2D eigenvalue weighted by Crippen LogP contribution is -2.18. The van der Waals surface area contributed by atoms with Crippen molar-refractivity contribution in [3.05, 3.63) is 59.8 Å². The Bertz CT molecular complexity index is 1110. The van der Waals surface area contributed by atoms with Gasteiger partial charge in [-0.15, -0.1) is 0 Å². The first-order chi connectivity index (χ1) is 14.0. The van der Waals surface area contributed by atoms with Gasteiger partial charge in [0.25, 0.3) is 10.0 Å². The largest absolute Gasteiger partial charge is 0.493 e. The Morgan fingerprint density at radius 1 is 1.10 bits per heavy atom. The molecule has 0 aliphatic rings. The number of methoxy groups -OCH3 is 2. The van der Waals surface area contributed by atoms with E-state index in [2.05, 4.69) is 20.1 Å². The number of aromatic amines is 1. The van der Waals surface area contributed by atoms with E-state index in [9.17, 15) is 8.42 Å². The van der Waals surface area contributed by atoms with Gasteiger partial charge in [-0.05, 0) is 42.3 Å². The molecule has 3 aromatic rings. The summed E-state index contributed by atoms with van der Waals surface area (Å²) in [5.41, 5.74) is 3.13. The first-order valence-electron chi connectivity index (χ1n) is 8.88. The average molecular weight is 414 g/mol. The highest BCUT2D eigenvalue weighted by Gasteiger charge is 2.13. The first kappa shape index (κ1) is 20.4. The summed E-state index contributed by atoms with van der Waals surface area (Å²) in [7, 11) is -0.633. The van der Waals surface area contributed by atoms with Crippen LogP contribution < -0.4 is 14.3 Å². The topological polar surface area (TPSA) is 106 Å². The highest BCUT2D eigenvalue weighted by molar-refractivity contribution is 7.89. The van der Waals surface area contributed by atoms with Crippen molar-refractivity contribution in [1.29, 1.82) is 0 Å². The summed E-state index contributed by atoms with van der Waals surface area (Å²) in [5, 5.41) is 10.8. The van der Waals surface area contributed by atoms with E-state index in [0.29, 0.717) is 22.8 Å². The molecule has 29 heavy (non-hydrogen) atoms. The monoisotopic (exact) mass is 414 g/mol. The lowest BCUT2D eigenvalue weighted by atomic mass is 10.1. The van der Waals surface area contributed by atoms with Crippen LogP contribution in [0.5, 0.6) is 11.5 Å². The normalized spacial score (nSPS) is 11.6. The number of hydrogen-bond donors (Lipinski definition) is 2. The minimum Gasteiger partial charge on any atom is -0.493 e. The highest BCUT2D eigenvalue weighted by Crippen LogP contribution is 2.32. The molecule has 8 nitrogen and oxygen atoms in total. The van der Waals surface area contributed by atoms with E-state index in [1.54, 1.807) is 56.8 Å². The number of nitrogens with one attached hydrogen (secondary N) is 2. The van der Waals surface area contributed by atoms with Gasteiger partial charge in [0.2, 0.25) is 0 Å². The molecule has 2 aromatic carbocycles. The molecule has 9 heteroatoms. The number of ether oxygens (including phenoxy) is 2. The second-order valence-electron chi connectivity index (χ2n) is 6.12. The van der Waals surface area contributed by atoms with E-state index >= 15 is 0 Å². The number of benzene rings is 2. The van der Waals surface area contributed by atoms with Crippen molar-refractivity contribution >= 4 is 16.2 Å². The van der Waals surface area contributed by atoms with Crippen molar-refractivity contribution in [3.8, 4) is 22.8 Å². The number of hydrogen-bond acceptors (Lipinski definition) is 6. The maximum Gasteiger partial charge on any atom is 0.276 e. The molecule has 2 N–H and O–H groups in total. The van der Waals surface area contributed by atoms with Gasteiger partial charge >= 0.3 is 0 Å². The van der Waals surface area contributed by atoms with Crippen LogP contribution in [0.2, 0.25) is 0 Å². The van der Waals surface area contributed by atoms with Crippen LogP contribution in [0.4, 0.5) is 0 Å². The van der Waals surface area contributed by atoms with Crippen LogP contribution in [0.25, 0.3) is 11.3 Å². The molecule has 0 fully saturated rings. The molecule has 0 bridgehead atoms. The summed E-state index contributed by atoms with van der Waals surface area (Å²) < 4.78 is 35.3. The summed E-state index contributed by atoms with van der Waals surface area (Å²) in [6.45, 7) is 2.01. The van der Waals surface area contributed by atoms with Crippen LogP contribution >= 0.6 is 0 Å². The highest BCUT2D eigenvalue weighted by atomic mass is 32.2. The predicted octanol–water partition coefficient (Wildman–Crippen LogP) is 2.97. The number of H-pyrrole nitrogens is 1. The molecule has 0 aliphatic carbocycles. The molecule has 0 saturated carbocycles.